The number of anilines is 1. The minimum Gasteiger partial charge on any atom is -0.465 e. The van der Waals surface area contributed by atoms with E-state index in [-0.39, 0.29) is 17.4 Å². The predicted molar refractivity (Wildman–Crippen MR) is 74.3 cm³/mol. The molecule has 1 aromatic rings. The van der Waals surface area contributed by atoms with E-state index in [9.17, 15) is 9.59 Å². The molecule has 0 fully saturated rings. The predicted octanol–water partition coefficient (Wildman–Crippen LogP) is 2.05. The van der Waals surface area contributed by atoms with Crippen LogP contribution >= 0.6 is 11.6 Å². The van der Waals surface area contributed by atoms with Crippen LogP contribution in [0, 0.1) is 5.92 Å². The van der Waals surface area contributed by atoms with Gasteiger partial charge in [-0.1, -0.05) is 18.5 Å². The SMILES string of the molecule is COC(=O)c1cc(Cl)ccc1NC(=O)CC(C)CN. The van der Waals surface area contributed by atoms with Gasteiger partial charge in [0.05, 0.1) is 18.4 Å². The molecule has 0 aliphatic carbocycles. The topological polar surface area (TPSA) is 81.4 Å². The highest BCUT2D eigenvalue weighted by Gasteiger charge is 2.15. The summed E-state index contributed by atoms with van der Waals surface area (Å²) in [6.45, 7) is 2.31. The molecular weight excluding hydrogens is 268 g/mol. The van der Waals surface area contributed by atoms with Crippen molar-refractivity contribution in [3.8, 4) is 0 Å². The van der Waals surface area contributed by atoms with E-state index < -0.39 is 5.97 Å². The molecule has 0 saturated carbocycles. The van der Waals surface area contributed by atoms with Crippen molar-refractivity contribution in [1.82, 2.24) is 0 Å². The smallest absolute Gasteiger partial charge is 0.340 e. The van der Waals surface area contributed by atoms with Gasteiger partial charge >= 0.3 is 5.97 Å². The lowest BCUT2D eigenvalue weighted by Gasteiger charge is -2.12. The van der Waals surface area contributed by atoms with E-state index in [0.717, 1.165) is 0 Å². The zero-order chi connectivity index (χ0) is 14.4. The minimum atomic E-state index is -0.551. The quantitative estimate of drug-likeness (QED) is 0.811. The number of rotatable bonds is 5. The van der Waals surface area contributed by atoms with Crippen molar-refractivity contribution >= 4 is 29.2 Å². The Bertz CT molecular complexity index is 477. The molecule has 3 N–H and O–H groups in total. The van der Waals surface area contributed by atoms with E-state index in [1.807, 2.05) is 6.92 Å². The molecule has 1 rings (SSSR count). The fourth-order valence-electron chi connectivity index (χ4n) is 1.51. The summed E-state index contributed by atoms with van der Waals surface area (Å²) in [7, 11) is 1.27. The third-order valence-corrected chi connectivity index (χ3v) is 2.83. The highest BCUT2D eigenvalue weighted by Crippen LogP contribution is 2.22. The van der Waals surface area contributed by atoms with Gasteiger partial charge in [0.25, 0.3) is 0 Å². The fourth-order valence-corrected chi connectivity index (χ4v) is 1.68. The Morgan fingerprint density at radius 1 is 1.47 bits per heavy atom. The lowest BCUT2D eigenvalue weighted by atomic mass is 10.1. The molecule has 1 aromatic carbocycles. The number of halogens is 1. The van der Waals surface area contributed by atoms with Crippen molar-refractivity contribution in [3.63, 3.8) is 0 Å². The number of hydrogen-bond acceptors (Lipinski definition) is 4. The second-order valence-electron chi connectivity index (χ2n) is 4.27. The van der Waals surface area contributed by atoms with E-state index in [4.69, 9.17) is 17.3 Å². The monoisotopic (exact) mass is 284 g/mol. The molecule has 1 unspecified atom stereocenters. The number of nitrogens with one attached hydrogen (secondary N) is 1. The Labute approximate surface area is 117 Å². The summed E-state index contributed by atoms with van der Waals surface area (Å²) in [4.78, 5) is 23.4. The normalized spacial score (nSPS) is 11.8. The fraction of sp³-hybridized carbons (Fsp3) is 0.385. The van der Waals surface area contributed by atoms with Gasteiger partial charge < -0.3 is 15.8 Å². The molecule has 1 amide bonds. The summed E-state index contributed by atoms with van der Waals surface area (Å²) in [5.74, 6) is -0.677. The van der Waals surface area contributed by atoms with Gasteiger partial charge in [-0.3, -0.25) is 4.79 Å². The molecule has 0 bridgehead atoms. The molecule has 104 valence electrons. The first-order valence-electron chi connectivity index (χ1n) is 5.85. The van der Waals surface area contributed by atoms with Crippen LogP contribution in [0.5, 0.6) is 0 Å². The molecule has 0 aromatic heterocycles. The number of carbonyl (C=O) groups is 2. The van der Waals surface area contributed by atoms with Crippen LogP contribution in [0.3, 0.4) is 0 Å². The molecule has 5 nitrogen and oxygen atoms in total. The van der Waals surface area contributed by atoms with Crippen molar-refractivity contribution in [3.05, 3.63) is 28.8 Å². The van der Waals surface area contributed by atoms with Gasteiger partial charge in [-0.15, -0.1) is 0 Å². The van der Waals surface area contributed by atoms with Crippen LogP contribution in [0.4, 0.5) is 5.69 Å². The lowest BCUT2D eigenvalue weighted by Crippen LogP contribution is -2.21. The maximum absolute atomic E-state index is 11.8. The van der Waals surface area contributed by atoms with E-state index in [2.05, 4.69) is 10.1 Å². The molecular formula is C13H17ClN2O3. The number of carbonyl (C=O) groups excluding carboxylic acids is 2. The largest absolute Gasteiger partial charge is 0.465 e. The zero-order valence-corrected chi connectivity index (χ0v) is 11.7. The van der Waals surface area contributed by atoms with Crippen LogP contribution in [0.1, 0.15) is 23.7 Å². The number of amides is 1. The number of esters is 1. The average molecular weight is 285 g/mol. The Balaban J connectivity index is 2.88. The highest BCUT2D eigenvalue weighted by atomic mass is 35.5. The first kappa shape index (κ1) is 15.5. The van der Waals surface area contributed by atoms with Crippen molar-refractivity contribution in [2.75, 3.05) is 19.0 Å². The summed E-state index contributed by atoms with van der Waals surface area (Å²) in [5, 5.41) is 3.06. The van der Waals surface area contributed by atoms with E-state index >= 15 is 0 Å². The van der Waals surface area contributed by atoms with Crippen LogP contribution in [-0.4, -0.2) is 25.5 Å². The number of ether oxygens (including phenoxy) is 1. The summed E-state index contributed by atoms with van der Waals surface area (Å²) in [6.07, 6.45) is 0.291. The average Bonchev–Trinajstić information content (AvgIpc) is 2.39. The molecule has 0 spiro atoms. The van der Waals surface area contributed by atoms with Crippen LogP contribution in [0.25, 0.3) is 0 Å². The molecule has 1 atom stereocenters. The van der Waals surface area contributed by atoms with E-state index in [1.54, 1.807) is 12.1 Å². The second kappa shape index (κ2) is 7.11. The van der Waals surface area contributed by atoms with Crippen molar-refractivity contribution in [1.29, 1.82) is 0 Å². The first-order chi connectivity index (χ1) is 8.97. The third-order valence-electron chi connectivity index (χ3n) is 2.60. The van der Waals surface area contributed by atoms with Gasteiger partial charge in [-0.05, 0) is 30.7 Å². The maximum Gasteiger partial charge on any atom is 0.340 e. The van der Waals surface area contributed by atoms with Crippen LogP contribution in [0.2, 0.25) is 5.02 Å². The number of methoxy groups -OCH3 is 1. The Morgan fingerprint density at radius 3 is 2.74 bits per heavy atom. The number of nitrogens with two attached hydrogens (primary N) is 1. The maximum atomic E-state index is 11.8. The minimum absolute atomic E-state index is 0.0777. The van der Waals surface area contributed by atoms with Crippen LogP contribution in [-0.2, 0) is 9.53 Å². The molecule has 19 heavy (non-hydrogen) atoms. The lowest BCUT2D eigenvalue weighted by molar-refractivity contribution is -0.116. The molecule has 0 saturated heterocycles. The second-order valence-corrected chi connectivity index (χ2v) is 4.71. The molecule has 0 radical (unpaired) electrons. The zero-order valence-electron chi connectivity index (χ0n) is 10.9. The number of hydrogen-bond donors (Lipinski definition) is 2. The molecule has 0 heterocycles. The summed E-state index contributed by atoms with van der Waals surface area (Å²) >= 11 is 5.82. The summed E-state index contributed by atoms with van der Waals surface area (Å²) in [6, 6.07) is 4.62. The van der Waals surface area contributed by atoms with Crippen molar-refractivity contribution in [2.45, 2.75) is 13.3 Å². The van der Waals surface area contributed by atoms with Gasteiger partial charge in [-0.2, -0.15) is 0 Å². The Morgan fingerprint density at radius 2 is 2.16 bits per heavy atom. The molecule has 0 aliphatic heterocycles. The van der Waals surface area contributed by atoms with Gasteiger partial charge in [0.15, 0.2) is 0 Å². The number of benzene rings is 1. The summed E-state index contributed by atoms with van der Waals surface area (Å²) < 4.78 is 4.65. The van der Waals surface area contributed by atoms with Gasteiger partial charge in [-0.25, -0.2) is 4.79 Å². The molecule has 6 heteroatoms. The molecule has 0 aliphatic rings. The summed E-state index contributed by atoms with van der Waals surface area (Å²) in [5.41, 5.74) is 6.07. The van der Waals surface area contributed by atoms with E-state index in [1.165, 1.54) is 13.2 Å². The third kappa shape index (κ3) is 4.54. The van der Waals surface area contributed by atoms with Crippen molar-refractivity contribution < 1.29 is 14.3 Å². The highest BCUT2D eigenvalue weighted by molar-refractivity contribution is 6.31. The van der Waals surface area contributed by atoms with Crippen molar-refractivity contribution in [2.24, 2.45) is 11.7 Å². The van der Waals surface area contributed by atoms with E-state index in [0.29, 0.717) is 23.7 Å². The van der Waals surface area contributed by atoms with Crippen LogP contribution in [0.15, 0.2) is 18.2 Å². The standard InChI is InChI=1S/C13H17ClN2O3/c1-8(7-15)5-12(17)16-11-4-3-9(14)6-10(11)13(18)19-2/h3-4,6,8H,5,7,15H2,1-2H3,(H,16,17). The van der Waals surface area contributed by atoms with Gasteiger partial charge in [0, 0.05) is 11.4 Å². The first-order valence-corrected chi connectivity index (χ1v) is 6.23. The Hall–Kier alpha value is -1.59. The van der Waals surface area contributed by atoms with Crippen LogP contribution < -0.4 is 11.1 Å². The van der Waals surface area contributed by atoms with Gasteiger partial charge in [0.2, 0.25) is 5.91 Å². The van der Waals surface area contributed by atoms with Gasteiger partial charge in [0.1, 0.15) is 0 Å². The Kier molecular flexibility index (Phi) is 5.79.